The zero-order valence-electron chi connectivity index (χ0n) is 8.12. The van der Waals surface area contributed by atoms with E-state index < -0.39 is 0 Å². The first-order chi connectivity index (χ1) is 6.86. The molecular formula is C13H11N. The van der Waals surface area contributed by atoms with E-state index in [1.807, 2.05) is 6.20 Å². The van der Waals surface area contributed by atoms with E-state index in [0.29, 0.717) is 0 Å². The topological polar surface area (TPSA) is 12.9 Å². The molecule has 0 radical (unpaired) electrons. The van der Waals surface area contributed by atoms with Gasteiger partial charge >= 0.3 is 0 Å². The molecule has 0 unspecified atom stereocenters. The van der Waals surface area contributed by atoms with Gasteiger partial charge in [-0.2, -0.15) is 0 Å². The lowest BCUT2D eigenvalue weighted by atomic mass is 9.94. The van der Waals surface area contributed by atoms with Crippen LogP contribution in [0.3, 0.4) is 0 Å². The molecule has 1 nitrogen and oxygen atoms in total. The predicted molar refractivity (Wildman–Crippen MR) is 59.2 cm³/mol. The highest BCUT2D eigenvalue weighted by atomic mass is 14.7. The van der Waals surface area contributed by atoms with Crippen LogP contribution in [0.1, 0.15) is 16.8 Å². The van der Waals surface area contributed by atoms with Crippen LogP contribution in [0.4, 0.5) is 0 Å². The number of pyridine rings is 1. The standard InChI is InChI=1S/C13H11N/c1-9-12-7-3-5-10-4-2-6-11(8-14-9)13(10)12/h2-5,7-8H,6H2,1H3. The number of allylic oxidation sites excluding steroid dienone is 1. The van der Waals surface area contributed by atoms with Crippen molar-refractivity contribution in [3.63, 3.8) is 0 Å². The number of hydrogen-bond donors (Lipinski definition) is 0. The van der Waals surface area contributed by atoms with Crippen LogP contribution < -0.4 is 0 Å². The van der Waals surface area contributed by atoms with Gasteiger partial charge < -0.3 is 0 Å². The fourth-order valence-electron chi connectivity index (χ4n) is 2.15. The van der Waals surface area contributed by atoms with Gasteiger partial charge in [0.25, 0.3) is 0 Å². The number of aromatic nitrogens is 1. The minimum Gasteiger partial charge on any atom is -0.261 e. The molecule has 0 atom stereocenters. The smallest absolute Gasteiger partial charge is 0.0451 e. The Bertz CT molecular complexity index is 538. The maximum Gasteiger partial charge on any atom is 0.0451 e. The van der Waals surface area contributed by atoms with Gasteiger partial charge in [-0.05, 0) is 29.9 Å². The van der Waals surface area contributed by atoms with E-state index in [4.69, 9.17) is 0 Å². The zero-order chi connectivity index (χ0) is 9.54. The van der Waals surface area contributed by atoms with Gasteiger partial charge in [0, 0.05) is 17.3 Å². The largest absolute Gasteiger partial charge is 0.261 e. The summed E-state index contributed by atoms with van der Waals surface area (Å²) in [4.78, 5) is 4.42. The van der Waals surface area contributed by atoms with Crippen LogP contribution in [0.15, 0.2) is 30.5 Å². The molecule has 1 aliphatic rings. The van der Waals surface area contributed by atoms with Crippen LogP contribution in [0.25, 0.3) is 16.8 Å². The highest BCUT2D eigenvalue weighted by Gasteiger charge is 2.09. The molecule has 1 aliphatic carbocycles. The van der Waals surface area contributed by atoms with Crippen molar-refractivity contribution in [3.8, 4) is 0 Å². The summed E-state index contributed by atoms with van der Waals surface area (Å²) in [6.45, 7) is 2.07. The third-order valence-corrected chi connectivity index (χ3v) is 2.86. The summed E-state index contributed by atoms with van der Waals surface area (Å²) in [5, 5.41) is 2.69. The van der Waals surface area contributed by atoms with E-state index in [1.54, 1.807) is 0 Å². The lowest BCUT2D eigenvalue weighted by Gasteiger charge is -2.13. The maximum atomic E-state index is 4.42. The number of nitrogens with zero attached hydrogens (tertiary/aromatic N) is 1. The Labute approximate surface area is 83.1 Å². The molecule has 0 fully saturated rings. The van der Waals surface area contributed by atoms with Crippen LogP contribution in [0.2, 0.25) is 0 Å². The Hall–Kier alpha value is -1.63. The Balaban J connectivity index is 2.56. The van der Waals surface area contributed by atoms with Crippen molar-refractivity contribution >= 4 is 16.8 Å². The highest BCUT2D eigenvalue weighted by Crippen LogP contribution is 2.28. The van der Waals surface area contributed by atoms with Crippen molar-refractivity contribution < 1.29 is 0 Å². The molecule has 68 valence electrons. The molecule has 1 aromatic heterocycles. The minimum atomic E-state index is 1.01. The van der Waals surface area contributed by atoms with Crippen molar-refractivity contribution in [1.29, 1.82) is 0 Å². The number of hydrogen-bond acceptors (Lipinski definition) is 1. The fourth-order valence-corrected chi connectivity index (χ4v) is 2.15. The Morgan fingerprint density at radius 2 is 2.21 bits per heavy atom. The van der Waals surface area contributed by atoms with E-state index in [1.165, 1.54) is 21.9 Å². The first-order valence-corrected chi connectivity index (χ1v) is 4.90. The van der Waals surface area contributed by atoms with Gasteiger partial charge in [0.15, 0.2) is 0 Å². The molecule has 0 spiro atoms. The summed E-state index contributed by atoms with van der Waals surface area (Å²) in [5.74, 6) is 0. The van der Waals surface area contributed by atoms with Crippen molar-refractivity contribution in [1.82, 2.24) is 4.98 Å². The molecule has 0 bridgehead atoms. The molecular weight excluding hydrogens is 170 g/mol. The second-order valence-corrected chi connectivity index (χ2v) is 3.75. The van der Waals surface area contributed by atoms with E-state index in [9.17, 15) is 0 Å². The number of rotatable bonds is 0. The zero-order valence-corrected chi connectivity index (χ0v) is 8.12. The predicted octanol–water partition coefficient (Wildman–Crippen LogP) is 3.11. The van der Waals surface area contributed by atoms with Crippen molar-refractivity contribution in [2.24, 2.45) is 0 Å². The molecule has 0 aliphatic heterocycles. The van der Waals surface area contributed by atoms with Crippen molar-refractivity contribution in [2.45, 2.75) is 13.3 Å². The molecule has 1 heteroatoms. The van der Waals surface area contributed by atoms with Gasteiger partial charge in [0.1, 0.15) is 0 Å². The third-order valence-electron chi connectivity index (χ3n) is 2.86. The normalized spacial score (nSPS) is 13.5. The van der Waals surface area contributed by atoms with Crippen LogP contribution in [-0.2, 0) is 6.42 Å². The van der Waals surface area contributed by atoms with Gasteiger partial charge in [-0.25, -0.2) is 0 Å². The summed E-state index contributed by atoms with van der Waals surface area (Å²) < 4.78 is 0. The van der Waals surface area contributed by atoms with Crippen LogP contribution >= 0.6 is 0 Å². The second-order valence-electron chi connectivity index (χ2n) is 3.75. The number of benzene rings is 1. The molecule has 0 amide bonds. The Morgan fingerprint density at radius 3 is 3.14 bits per heavy atom. The van der Waals surface area contributed by atoms with Crippen LogP contribution in [0, 0.1) is 6.92 Å². The molecule has 1 heterocycles. The maximum absolute atomic E-state index is 4.42. The molecule has 14 heavy (non-hydrogen) atoms. The van der Waals surface area contributed by atoms with Crippen molar-refractivity contribution in [2.75, 3.05) is 0 Å². The summed E-state index contributed by atoms with van der Waals surface area (Å²) >= 11 is 0. The second kappa shape index (κ2) is 2.68. The molecule has 0 N–H and O–H groups in total. The summed E-state index contributed by atoms with van der Waals surface area (Å²) in [7, 11) is 0. The van der Waals surface area contributed by atoms with Gasteiger partial charge in [0.2, 0.25) is 0 Å². The first kappa shape index (κ1) is 7.74. The average Bonchev–Trinajstić information content (AvgIpc) is 2.24. The molecule has 2 aromatic rings. The lowest BCUT2D eigenvalue weighted by Crippen LogP contribution is -1.96. The molecule has 0 saturated heterocycles. The SMILES string of the molecule is Cc1ncc2c3c(cccc13)C=CC2. The minimum absolute atomic E-state index is 1.01. The van der Waals surface area contributed by atoms with Crippen LogP contribution in [0.5, 0.6) is 0 Å². The van der Waals surface area contributed by atoms with E-state index in [2.05, 4.69) is 42.3 Å². The van der Waals surface area contributed by atoms with Gasteiger partial charge in [-0.1, -0.05) is 30.4 Å². The molecule has 0 saturated carbocycles. The fraction of sp³-hybridized carbons (Fsp3) is 0.154. The van der Waals surface area contributed by atoms with Crippen LogP contribution in [-0.4, -0.2) is 4.98 Å². The van der Waals surface area contributed by atoms with E-state index in [-0.39, 0.29) is 0 Å². The highest BCUT2D eigenvalue weighted by molar-refractivity contribution is 5.95. The first-order valence-electron chi connectivity index (χ1n) is 4.90. The quantitative estimate of drug-likeness (QED) is 0.608. The third kappa shape index (κ3) is 0.925. The molecule has 3 rings (SSSR count). The van der Waals surface area contributed by atoms with Gasteiger partial charge in [-0.3, -0.25) is 4.98 Å². The number of aryl methyl sites for hydroxylation is 1. The Kier molecular flexibility index (Phi) is 1.48. The van der Waals surface area contributed by atoms with E-state index in [0.717, 1.165) is 12.1 Å². The summed E-state index contributed by atoms with van der Waals surface area (Å²) in [6, 6.07) is 6.43. The van der Waals surface area contributed by atoms with Crippen molar-refractivity contribution in [3.05, 3.63) is 47.3 Å². The monoisotopic (exact) mass is 181 g/mol. The van der Waals surface area contributed by atoms with E-state index >= 15 is 0 Å². The van der Waals surface area contributed by atoms with Gasteiger partial charge in [-0.15, -0.1) is 0 Å². The lowest BCUT2D eigenvalue weighted by molar-refractivity contribution is 1.16. The average molecular weight is 181 g/mol. The summed E-state index contributed by atoms with van der Waals surface area (Å²) in [6.07, 6.45) is 7.42. The summed E-state index contributed by atoms with van der Waals surface area (Å²) in [5.41, 5.74) is 3.80. The Morgan fingerprint density at radius 1 is 1.29 bits per heavy atom. The van der Waals surface area contributed by atoms with Gasteiger partial charge in [0.05, 0.1) is 0 Å². The molecule has 1 aromatic carbocycles.